The van der Waals surface area contributed by atoms with Crippen molar-refractivity contribution in [3.05, 3.63) is 28.7 Å². The van der Waals surface area contributed by atoms with Crippen molar-refractivity contribution in [2.24, 2.45) is 0 Å². The van der Waals surface area contributed by atoms with Crippen LogP contribution in [-0.4, -0.2) is 38.6 Å². The standard InChI is InChI=1S/C21H27N5O3/c1-4-29-20(28)21(10-6-5-7-11-21)25-18(27)9-8-17-14(2)24-19-16(12-22)13-23-26(19)15(17)3/h13H,4-11H2,1-3H3,(H,25,27). The number of hydrogen-bond donors (Lipinski definition) is 1. The summed E-state index contributed by atoms with van der Waals surface area (Å²) in [5, 5.41) is 16.4. The summed E-state index contributed by atoms with van der Waals surface area (Å²) in [5.74, 6) is -0.499. The Labute approximate surface area is 170 Å². The zero-order valence-electron chi connectivity index (χ0n) is 17.2. The molecule has 0 aromatic carbocycles. The van der Waals surface area contributed by atoms with Crippen LogP contribution in [0.1, 0.15) is 68.0 Å². The van der Waals surface area contributed by atoms with Gasteiger partial charge in [0.05, 0.1) is 12.8 Å². The molecular weight excluding hydrogens is 370 g/mol. The third kappa shape index (κ3) is 4.09. The lowest BCUT2D eigenvalue weighted by molar-refractivity contribution is -0.155. The van der Waals surface area contributed by atoms with E-state index in [1.807, 2.05) is 13.8 Å². The summed E-state index contributed by atoms with van der Waals surface area (Å²) in [6, 6.07) is 2.09. The van der Waals surface area contributed by atoms with Crippen molar-refractivity contribution in [3.63, 3.8) is 0 Å². The first-order chi connectivity index (χ1) is 13.9. The number of nitriles is 1. The van der Waals surface area contributed by atoms with Gasteiger partial charge in [0.2, 0.25) is 5.91 Å². The summed E-state index contributed by atoms with van der Waals surface area (Å²) in [6.45, 7) is 5.85. The largest absolute Gasteiger partial charge is 0.464 e. The maximum absolute atomic E-state index is 12.7. The van der Waals surface area contributed by atoms with Gasteiger partial charge in [0.15, 0.2) is 5.65 Å². The summed E-state index contributed by atoms with van der Waals surface area (Å²) in [7, 11) is 0. The van der Waals surface area contributed by atoms with E-state index in [-0.39, 0.29) is 18.3 Å². The lowest BCUT2D eigenvalue weighted by atomic mass is 9.81. The van der Waals surface area contributed by atoms with Gasteiger partial charge in [-0.2, -0.15) is 10.4 Å². The molecule has 3 rings (SSSR count). The molecule has 2 aromatic heterocycles. The van der Waals surface area contributed by atoms with Crippen molar-refractivity contribution in [3.8, 4) is 6.07 Å². The number of hydrogen-bond acceptors (Lipinski definition) is 6. The van der Waals surface area contributed by atoms with Gasteiger partial charge in [0.25, 0.3) is 0 Å². The fourth-order valence-electron chi connectivity index (χ4n) is 4.12. The van der Waals surface area contributed by atoms with Crippen LogP contribution in [0, 0.1) is 25.2 Å². The van der Waals surface area contributed by atoms with Crippen LogP contribution in [0.3, 0.4) is 0 Å². The molecule has 1 fully saturated rings. The number of carbonyl (C=O) groups is 2. The molecule has 8 nitrogen and oxygen atoms in total. The number of carbonyl (C=O) groups excluding carboxylic acids is 2. The molecule has 1 aliphatic carbocycles. The van der Waals surface area contributed by atoms with Gasteiger partial charge in [0.1, 0.15) is 17.2 Å². The van der Waals surface area contributed by atoms with Gasteiger partial charge in [-0.1, -0.05) is 19.3 Å². The fourth-order valence-corrected chi connectivity index (χ4v) is 4.12. The first-order valence-corrected chi connectivity index (χ1v) is 10.1. The van der Waals surface area contributed by atoms with Crippen LogP contribution in [0.5, 0.6) is 0 Å². The van der Waals surface area contributed by atoms with Gasteiger partial charge in [-0.3, -0.25) is 4.79 Å². The first kappa shape index (κ1) is 20.8. The zero-order valence-corrected chi connectivity index (χ0v) is 17.2. The van der Waals surface area contributed by atoms with Gasteiger partial charge in [-0.25, -0.2) is 14.3 Å². The number of esters is 1. The molecule has 154 valence electrons. The topological polar surface area (TPSA) is 109 Å². The minimum absolute atomic E-state index is 0.169. The summed E-state index contributed by atoms with van der Waals surface area (Å²) >= 11 is 0. The number of fused-ring (bicyclic) bond motifs is 1. The monoisotopic (exact) mass is 397 g/mol. The van der Waals surface area contributed by atoms with Crippen LogP contribution < -0.4 is 5.32 Å². The highest BCUT2D eigenvalue weighted by atomic mass is 16.5. The molecule has 2 heterocycles. The van der Waals surface area contributed by atoms with Gasteiger partial charge >= 0.3 is 5.97 Å². The highest BCUT2D eigenvalue weighted by Crippen LogP contribution is 2.30. The molecule has 1 aliphatic rings. The number of aryl methyl sites for hydroxylation is 2. The van der Waals surface area contributed by atoms with Crippen molar-refractivity contribution in [2.75, 3.05) is 6.61 Å². The quantitative estimate of drug-likeness (QED) is 0.750. The Morgan fingerprint density at radius 2 is 2.03 bits per heavy atom. The molecule has 0 saturated heterocycles. The number of aromatic nitrogens is 3. The molecule has 0 atom stereocenters. The van der Waals surface area contributed by atoms with E-state index in [0.717, 1.165) is 36.2 Å². The highest BCUT2D eigenvalue weighted by Gasteiger charge is 2.42. The number of nitrogens with one attached hydrogen (secondary N) is 1. The third-order valence-electron chi connectivity index (χ3n) is 5.68. The van der Waals surface area contributed by atoms with Crippen molar-refractivity contribution in [2.45, 2.75) is 71.3 Å². The predicted octanol–water partition coefficient (Wildman–Crippen LogP) is 2.53. The SMILES string of the molecule is CCOC(=O)C1(NC(=O)CCc2c(C)nc3c(C#N)cnn3c2C)CCCCC1. The normalized spacial score (nSPS) is 15.7. The van der Waals surface area contributed by atoms with E-state index in [1.54, 1.807) is 11.4 Å². The Balaban J connectivity index is 1.74. The second kappa shape index (κ2) is 8.60. The van der Waals surface area contributed by atoms with E-state index >= 15 is 0 Å². The lowest BCUT2D eigenvalue weighted by Gasteiger charge is -2.35. The van der Waals surface area contributed by atoms with E-state index in [9.17, 15) is 14.9 Å². The molecule has 0 bridgehead atoms. The van der Waals surface area contributed by atoms with E-state index in [1.165, 1.54) is 6.20 Å². The maximum atomic E-state index is 12.7. The number of ether oxygens (including phenoxy) is 1. The average molecular weight is 397 g/mol. The lowest BCUT2D eigenvalue weighted by Crippen LogP contribution is -2.56. The molecule has 1 N–H and O–H groups in total. The van der Waals surface area contributed by atoms with E-state index in [2.05, 4.69) is 21.5 Å². The highest BCUT2D eigenvalue weighted by molar-refractivity contribution is 5.88. The van der Waals surface area contributed by atoms with E-state index in [4.69, 9.17) is 4.74 Å². The second-order valence-electron chi connectivity index (χ2n) is 7.58. The van der Waals surface area contributed by atoms with Crippen LogP contribution in [0.4, 0.5) is 0 Å². The van der Waals surface area contributed by atoms with Gasteiger partial charge in [0, 0.05) is 17.8 Å². The Bertz CT molecular complexity index is 967. The average Bonchev–Trinajstić information content (AvgIpc) is 3.11. The molecular formula is C21H27N5O3. The van der Waals surface area contributed by atoms with E-state index < -0.39 is 5.54 Å². The van der Waals surface area contributed by atoms with Crippen molar-refractivity contribution in [1.82, 2.24) is 19.9 Å². The third-order valence-corrected chi connectivity index (χ3v) is 5.68. The number of nitrogens with zero attached hydrogens (tertiary/aromatic N) is 4. The van der Waals surface area contributed by atoms with Crippen molar-refractivity contribution in [1.29, 1.82) is 5.26 Å². The minimum Gasteiger partial charge on any atom is -0.464 e. The summed E-state index contributed by atoms with van der Waals surface area (Å²) in [6.07, 6.45) is 6.32. The Morgan fingerprint density at radius 3 is 2.69 bits per heavy atom. The Hall–Kier alpha value is -2.95. The van der Waals surface area contributed by atoms with E-state index in [0.29, 0.717) is 37.1 Å². The van der Waals surface area contributed by atoms with Crippen LogP contribution in [0.15, 0.2) is 6.20 Å². The maximum Gasteiger partial charge on any atom is 0.331 e. The summed E-state index contributed by atoms with van der Waals surface area (Å²) < 4.78 is 6.89. The van der Waals surface area contributed by atoms with Crippen molar-refractivity contribution < 1.29 is 14.3 Å². The van der Waals surface area contributed by atoms with Gasteiger partial charge < -0.3 is 10.1 Å². The molecule has 0 unspecified atom stereocenters. The predicted molar refractivity (Wildman–Crippen MR) is 106 cm³/mol. The second-order valence-corrected chi connectivity index (χ2v) is 7.58. The van der Waals surface area contributed by atoms with Crippen LogP contribution in [0.25, 0.3) is 5.65 Å². The summed E-state index contributed by atoms with van der Waals surface area (Å²) in [4.78, 5) is 29.8. The Kier molecular flexibility index (Phi) is 6.16. The molecule has 1 saturated carbocycles. The molecule has 0 spiro atoms. The molecule has 0 aliphatic heterocycles. The van der Waals surface area contributed by atoms with Crippen LogP contribution in [0.2, 0.25) is 0 Å². The van der Waals surface area contributed by atoms with Gasteiger partial charge in [-0.15, -0.1) is 0 Å². The smallest absolute Gasteiger partial charge is 0.331 e. The van der Waals surface area contributed by atoms with Gasteiger partial charge in [-0.05, 0) is 45.6 Å². The molecule has 1 amide bonds. The van der Waals surface area contributed by atoms with Crippen LogP contribution >= 0.6 is 0 Å². The molecule has 2 aromatic rings. The Morgan fingerprint density at radius 1 is 1.31 bits per heavy atom. The summed E-state index contributed by atoms with van der Waals surface area (Å²) in [5.41, 5.74) is 2.61. The van der Waals surface area contributed by atoms with Crippen LogP contribution in [-0.2, 0) is 20.7 Å². The zero-order chi connectivity index (χ0) is 21.0. The van der Waals surface area contributed by atoms with Crippen molar-refractivity contribution >= 4 is 17.5 Å². The number of amides is 1. The fraction of sp³-hybridized carbons (Fsp3) is 0.571. The molecule has 29 heavy (non-hydrogen) atoms. The minimum atomic E-state index is -0.901. The molecule has 0 radical (unpaired) electrons. The number of rotatable bonds is 6. The molecule has 8 heteroatoms. The first-order valence-electron chi connectivity index (χ1n) is 10.1.